The third-order valence-electron chi connectivity index (χ3n) is 4.71. The Morgan fingerprint density at radius 3 is 2.32 bits per heavy atom. The van der Waals surface area contributed by atoms with Crippen LogP contribution in [-0.2, 0) is 0 Å². The molecule has 0 saturated carbocycles. The molecule has 0 aliphatic carbocycles. The van der Waals surface area contributed by atoms with E-state index in [1.165, 1.54) is 16.5 Å². The highest BCUT2D eigenvalue weighted by atomic mass is 15.4. The van der Waals surface area contributed by atoms with Crippen molar-refractivity contribution in [1.82, 2.24) is 4.98 Å². The predicted octanol–water partition coefficient (Wildman–Crippen LogP) is 5.48. The molecule has 25 heavy (non-hydrogen) atoms. The SMILES string of the molecule is c1ccc(N2CN(c3ccc4ccccc4c3)c3ncccc32)cc1. The molecule has 5 rings (SSSR count). The van der Waals surface area contributed by atoms with Gasteiger partial charge in [0, 0.05) is 17.6 Å². The molecular formula is C22H17N3. The van der Waals surface area contributed by atoms with E-state index in [0.717, 1.165) is 23.9 Å². The molecule has 3 heteroatoms. The molecule has 0 radical (unpaired) electrons. The van der Waals surface area contributed by atoms with E-state index in [-0.39, 0.29) is 0 Å². The van der Waals surface area contributed by atoms with Gasteiger partial charge < -0.3 is 9.80 Å². The Hall–Kier alpha value is -3.33. The van der Waals surface area contributed by atoms with Crippen molar-refractivity contribution in [2.24, 2.45) is 0 Å². The van der Waals surface area contributed by atoms with Gasteiger partial charge in [0.05, 0.1) is 5.69 Å². The van der Waals surface area contributed by atoms with E-state index in [1.54, 1.807) is 0 Å². The average Bonchev–Trinajstić information content (AvgIpc) is 3.08. The predicted molar refractivity (Wildman–Crippen MR) is 104 cm³/mol. The van der Waals surface area contributed by atoms with E-state index in [4.69, 9.17) is 0 Å². The van der Waals surface area contributed by atoms with E-state index in [2.05, 4.69) is 87.6 Å². The number of rotatable bonds is 2. The van der Waals surface area contributed by atoms with Crippen LogP contribution < -0.4 is 9.80 Å². The summed E-state index contributed by atoms with van der Waals surface area (Å²) >= 11 is 0. The van der Waals surface area contributed by atoms with Gasteiger partial charge in [-0.3, -0.25) is 0 Å². The highest BCUT2D eigenvalue weighted by Gasteiger charge is 2.28. The maximum Gasteiger partial charge on any atom is 0.158 e. The number of anilines is 4. The first-order chi connectivity index (χ1) is 12.4. The molecule has 1 aliphatic rings. The Morgan fingerprint density at radius 1 is 0.640 bits per heavy atom. The summed E-state index contributed by atoms with van der Waals surface area (Å²) in [6, 6.07) is 29.7. The van der Waals surface area contributed by atoms with Gasteiger partial charge in [-0.1, -0.05) is 48.5 Å². The number of aromatic nitrogens is 1. The minimum atomic E-state index is 0.759. The number of benzene rings is 3. The lowest BCUT2D eigenvalue weighted by Gasteiger charge is -2.21. The van der Waals surface area contributed by atoms with Crippen LogP contribution in [0.4, 0.5) is 22.9 Å². The first-order valence-corrected chi connectivity index (χ1v) is 8.44. The van der Waals surface area contributed by atoms with Gasteiger partial charge in [0.15, 0.2) is 5.82 Å². The fourth-order valence-corrected chi connectivity index (χ4v) is 3.47. The lowest BCUT2D eigenvalue weighted by Crippen LogP contribution is -2.24. The van der Waals surface area contributed by atoms with E-state index in [1.807, 2.05) is 18.3 Å². The third-order valence-corrected chi connectivity index (χ3v) is 4.71. The first-order valence-electron chi connectivity index (χ1n) is 8.44. The molecule has 0 N–H and O–H groups in total. The van der Waals surface area contributed by atoms with Crippen LogP contribution in [0.5, 0.6) is 0 Å². The lowest BCUT2D eigenvalue weighted by molar-refractivity contribution is 0.982. The Labute approximate surface area is 146 Å². The summed E-state index contributed by atoms with van der Waals surface area (Å²) in [6.07, 6.45) is 1.86. The number of para-hydroxylation sites is 1. The molecule has 0 saturated heterocycles. The average molecular weight is 323 g/mol. The summed E-state index contributed by atoms with van der Waals surface area (Å²) in [5.74, 6) is 1.00. The van der Waals surface area contributed by atoms with Crippen LogP contribution in [-0.4, -0.2) is 11.7 Å². The quantitative estimate of drug-likeness (QED) is 0.487. The third kappa shape index (κ3) is 2.32. The van der Waals surface area contributed by atoms with Crippen molar-refractivity contribution < 1.29 is 0 Å². The van der Waals surface area contributed by atoms with Crippen LogP contribution >= 0.6 is 0 Å². The van der Waals surface area contributed by atoms with E-state index in [0.29, 0.717) is 0 Å². The van der Waals surface area contributed by atoms with Gasteiger partial charge in [-0.15, -0.1) is 0 Å². The number of fused-ring (bicyclic) bond motifs is 2. The molecule has 3 nitrogen and oxygen atoms in total. The smallest absolute Gasteiger partial charge is 0.158 e. The van der Waals surface area contributed by atoms with Crippen molar-refractivity contribution in [1.29, 1.82) is 0 Å². The van der Waals surface area contributed by atoms with E-state index >= 15 is 0 Å². The van der Waals surface area contributed by atoms with Gasteiger partial charge >= 0.3 is 0 Å². The highest BCUT2D eigenvalue weighted by molar-refractivity contribution is 5.90. The Bertz CT molecular complexity index is 1040. The maximum atomic E-state index is 4.66. The molecule has 0 bridgehead atoms. The largest absolute Gasteiger partial charge is 0.320 e. The zero-order chi connectivity index (χ0) is 16.6. The van der Waals surface area contributed by atoms with Crippen molar-refractivity contribution in [3.05, 3.63) is 91.1 Å². The highest BCUT2D eigenvalue weighted by Crippen LogP contribution is 2.42. The molecule has 0 fully saturated rings. The monoisotopic (exact) mass is 323 g/mol. The second-order valence-electron chi connectivity index (χ2n) is 6.21. The molecule has 120 valence electrons. The molecule has 0 spiro atoms. The number of hydrogen-bond donors (Lipinski definition) is 0. The van der Waals surface area contributed by atoms with Crippen molar-refractivity contribution in [2.45, 2.75) is 0 Å². The van der Waals surface area contributed by atoms with E-state index < -0.39 is 0 Å². The van der Waals surface area contributed by atoms with Crippen LogP contribution in [0.3, 0.4) is 0 Å². The topological polar surface area (TPSA) is 19.4 Å². The molecule has 2 heterocycles. The maximum absolute atomic E-state index is 4.66. The lowest BCUT2D eigenvalue weighted by atomic mass is 10.1. The van der Waals surface area contributed by atoms with Crippen molar-refractivity contribution in [2.75, 3.05) is 16.5 Å². The van der Waals surface area contributed by atoms with Crippen LogP contribution in [0, 0.1) is 0 Å². The standard InChI is InChI=1S/C22H17N3/c1-2-9-19(10-3-1)24-16-25(22-21(24)11-6-14-23-22)20-13-12-17-7-4-5-8-18(17)15-20/h1-15H,16H2. The summed E-state index contributed by atoms with van der Waals surface area (Å²) < 4.78 is 0. The molecule has 4 aromatic rings. The Kier molecular flexibility index (Phi) is 3.17. The Balaban J connectivity index is 1.62. The van der Waals surface area contributed by atoms with Crippen LogP contribution in [0.25, 0.3) is 10.8 Å². The van der Waals surface area contributed by atoms with E-state index in [9.17, 15) is 0 Å². The molecule has 1 aromatic heterocycles. The van der Waals surface area contributed by atoms with Crippen LogP contribution in [0.1, 0.15) is 0 Å². The molecule has 0 amide bonds. The zero-order valence-electron chi connectivity index (χ0n) is 13.7. The zero-order valence-corrected chi connectivity index (χ0v) is 13.7. The minimum absolute atomic E-state index is 0.759. The van der Waals surface area contributed by atoms with Gasteiger partial charge in [0.1, 0.15) is 6.67 Å². The van der Waals surface area contributed by atoms with Crippen LogP contribution in [0.15, 0.2) is 91.1 Å². The number of pyridine rings is 1. The molecule has 3 aromatic carbocycles. The Morgan fingerprint density at radius 2 is 1.44 bits per heavy atom. The van der Waals surface area contributed by atoms with Crippen molar-refractivity contribution >= 4 is 33.7 Å². The summed E-state index contributed by atoms with van der Waals surface area (Å²) in [5.41, 5.74) is 3.49. The van der Waals surface area contributed by atoms with Gasteiger partial charge in [-0.2, -0.15) is 0 Å². The summed E-state index contributed by atoms with van der Waals surface area (Å²) in [5, 5.41) is 2.50. The van der Waals surface area contributed by atoms with Gasteiger partial charge in [0.25, 0.3) is 0 Å². The molecule has 0 unspecified atom stereocenters. The second-order valence-corrected chi connectivity index (χ2v) is 6.21. The number of nitrogens with zero attached hydrogens (tertiary/aromatic N) is 3. The first kappa shape index (κ1) is 14.1. The van der Waals surface area contributed by atoms with Crippen molar-refractivity contribution in [3.8, 4) is 0 Å². The summed E-state index contributed by atoms with van der Waals surface area (Å²) in [7, 11) is 0. The van der Waals surface area contributed by atoms with Crippen LogP contribution in [0.2, 0.25) is 0 Å². The second kappa shape index (κ2) is 5.64. The fourth-order valence-electron chi connectivity index (χ4n) is 3.47. The normalized spacial score (nSPS) is 13.3. The van der Waals surface area contributed by atoms with Gasteiger partial charge in [-0.05, 0) is 47.2 Å². The molecule has 1 aliphatic heterocycles. The molecular weight excluding hydrogens is 306 g/mol. The number of hydrogen-bond acceptors (Lipinski definition) is 3. The fraction of sp³-hybridized carbons (Fsp3) is 0.0455. The van der Waals surface area contributed by atoms with Gasteiger partial charge in [0.2, 0.25) is 0 Å². The summed E-state index contributed by atoms with van der Waals surface area (Å²) in [6.45, 7) is 0.759. The molecule has 0 atom stereocenters. The minimum Gasteiger partial charge on any atom is -0.320 e. The van der Waals surface area contributed by atoms with Crippen molar-refractivity contribution in [3.63, 3.8) is 0 Å². The van der Waals surface area contributed by atoms with Gasteiger partial charge in [-0.25, -0.2) is 4.98 Å². The summed E-state index contributed by atoms with van der Waals surface area (Å²) in [4.78, 5) is 9.23.